The van der Waals surface area contributed by atoms with E-state index in [-0.39, 0.29) is 0 Å². The molecule has 0 spiro atoms. The van der Waals surface area contributed by atoms with Crippen LogP contribution in [0.15, 0.2) is 29.9 Å². The third-order valence-corrected chi connectivity index (χ3v) is 3.66. The van der Waals surface area contributed by atoms with Gasteiger partial charge < -0.3 is 9.78 Å². The van der Waals surface area contributed by atoms with Crippen LogP contribution in [0.3, 0.4) is 0 Å². The number of aryl methyl sites for hydroxylation is 1. The molecule has 0 fully saturated rings. The maximum absolute atomic E-state index is 10.3. The van der Waals surface area contributed by atoms with Crippen molar-refractivity contribution in [1.29, 1.82) is 0 Å². The highest BCUT2D eigenvalue weighted by atomic mass is 32.1. The molecule has 3 rings (SSSR count). The second-order valence-electron chi connectivity index (χ2n) is 3.99. The van der Waals surface area contributed by atoms with E-state index in [4.69, 9.17) is 0 Å². The molecule has 1 N–H and O–H groups in total. The number of nitrogens with zero attached hydrogens (tertiary/aromatic N) is 2. The van der Waals surface area contributed by atoms with Gasteiger partial charge in [-0.25, -0.2) is 9.97 Å². The predicted octanol–water partition coefficient (Wildman–Crippen LogP) is 2.82. The summed E-state index contributed by atoms with van der Waals surface area (Å²) in [6.45, 7) is 0. The largest absolute Gasteiger partial charge is 0.346 e. The van der Waals surface area contributed by atoms with E-state index in [2.05, 4.69) is 21.0 Å². The van der Waals surface area contributed by atoms with Crippen LogP contribution in [0.2, 0.25) is 0 Å². The molecule has 0 unspecified atom stereocenters. The van der Waals surface area contributed by atoms with E-state index in [1.807, 2.05) is 23.8 Å². The molecular weight excluding hydrogens is 246 g/mol. The predicted molar refractivity (Wildman–Crippen MR) is 71.6 cm³/mol. The van der Waals surface area contributed by atoms with Crippen molar-refractivity contribution in [2.45, 2.75) is 12.8 Å². The molecule has 0 bridgehead atoms. The number of pyridine rings is 1. The van der Waals surface area contributed by atoms with Crippen molar-refractivity contribution >= 4 is 28.7 Å². The Hall–Kier alpha value is -2.01. The molecule has 4 nitrogen and oxygen atoms in total. The van der Waals surface area contributed by atoms with Crippen molar-refractivity contribution in [2.75, 3.05) is 0 Å². The lowest BCUT2D eigenvalue weighted by atomic mass is 10.2. The second-order valence-corrected chi connectivity index (χ2v) is 4.85. The lowest BCUT2D eigenvalue weighted by Crippen LogP contribution is -1.86. The highest BCUT2D eigenvalue weighted by Crippen LogP contribution is 2.25. The average molecular weight is 257 g/mol. The fourth-order valence-corrected chi connectivity index (χ4v) is 2.65. The number of aromatic amines is 1. The minimum absolute atomic E-state index is 0.526. The summed E-state index contributed by atoms with van der Waals surface area (Å²) in [6, 6.07) is 4.06. The van der Waals surface area contributed by atoms with Gasteiger partial charge in [0.1, 0.15) is 16.9 Å². The monoisotopic (exact) mass is 257 g/mol. The van der Waals surface area contributed by atoms with Gasteiger partial charge in [0.15, 0.2) is 0 Å². The zero-order valence-corrected chi connectivity index (χ0v) is 10.4. The van der Waals surface area contributed by atoms with Gasteiger partial charge in [0.05, 0.1) is 5.69 Å². The van der Waals surface area contributed by atoms with E-state index in [0.29, 0.717) is 12.8 Å². The third-order valence-electron chi connectivity index (χ3n) is 2.72. The Morgan fingerprint density at radius 1 is 1.44 bits per heavy atom. The molecular formula is C13H11N3OS. The van der Waals surface area contributed by atoms with Crippen LogP contribution < -0.4 is 0 Å². The molecule has 0 amide bonds. The van der Waals surface area contributed by atoms with Crippen LogP contribution in [0.5, 0.6) is 0 Å². The summed E-state index contributed by atoms with van der Waals surface area (Å²) in [5.41, 5.74) is 2.87. The lowest BCUT2D eigenvalue weighted by Gasteiger charge is -1.96. The number of carbonyl (C=O) groups is 1. The topological polar surface area (TPSA) is 58.6 Å². The fraction of sp³-hybridized carbons (Fsp3) is 0.154. The van der Waals surface area contributed by atoms with E-state index >= 15 is 0 Å². The van der Waals surface area contributed by atoms with Crippen LogP contribution in [0.1, 0.15) is 12.1 Å². The van der Waals surface area contributed by atoms with Crippen LogP contribution in [-0.2, 0) is 11.2 Å². The summed E-state index contributed by atoms with van der Waals surface area (Å²) in [5, 5.41) is 4.03. The molecule has 0 atom stereocenters. The standard InChI is InChI=1S/C13H11N3OS/c17-5-1-2-11-8-18-13(16-11)10-6-9-3-4-14-12(9)15-7-10/h3-8H,1-2H2,(H,14,15). The van der Waals surface area contributed by atoms with Crippen molar-refractivity contribution in [3.63, 3.8) is 0 Å². The number of aldehydes is 1. The molecule has 0 saturated carbocycles. The number of fused-ring (bicyclic) bond motifs is 1. The SMILES string of the molecule is O=CCCc1csc(-c2cnc3[nH]ccc3c2)n1. The first kappa shape index (κ1) is 11.1. The van der Waals surface area contributed by atoms with Gasteiger partial charge >= 0.3 is 0 Å². The van der Waals surface area contributed by atoms with Gasteiger partial charge in [-0.3, -0.25) is 0 Å². The van der Waals surface area contributed by atoms with Gasteiger partial charge in [0, 0.05) is 35.1 Å². The van der Waals surface area contributed by atoms with Gasteiger partial charge in [0.25, 0.3) is 0 Å². The summed E-state index contributed by atoms with van der Waals surface area (Å²) in [4.78, 5) is 22.3. The molecule has 5 heteroatoms. The first-order valence-corrected chi connectivity index (χ1v) is 6.56. The molecule has 0 radical (unpaired) electrons. The van der Waals surface area contributed by atoms with E-state index in [1.54, 1.807) is 11.3 Å². The van der Waals surface area contributed by atoms with Crippen molar-refractivity contribution in [2.24, 2.45) is 0 Å². The smallest absolute Gasteiger partial charge is 0.137 e. The number of thiazole rings is 1. The Morgan fingerprint density at radius 2 is 2.39 bits per heavy atom. The summed E-state index contributed by atoms with van der Waals surface area (Å²) in [5.74, 6) is 0. The van der Waals surface area contributed by atoms with E-state index < -0.39 is 0 Å². The summed E-state index contributed by atoms with van der Waals surface area (Å²) < 4.78 is 0. The molecule has 0 aliphatic carbocycles. The van der Waals surface area contributed by atoms with Gasteiger partial charge in [-0.05, 0) is 18.6 Å². The van der Waals surface area contributed by atoms with Crippen LogP contribution in [0.4, 0.5) is 0 Å². The van der Waals surface area contributed by atoms with E-state index in [0.717, 1.165) is 33.6 Å². The van der Waals surface area contributed by atoms with Crippen molar-refractivity contribution in [3.8, 4) is 10.6 Å². The molecule has 3 heterocycles. The van der Waals surface area contributed by atoms with Gasteiger partial charge in [-0.15, -0.1) is 11.3 Å². The molecule has 3 aromatic heterocycles. The molecule has 3 aromatic rings. The highest BCUT2D eigenvalue weighted by molar-refractivity contribution is 7.13. The van der Waals surface area contributed by atoms with Crippen LogP contribution in [0.25, 0.3) is 21.6 Å². The van der Waals surface area contributed by atoms with Crippen LogP contribution in [-0.4, -0.2) is 21.2 Å². The van der Waals surface area contributed by atoms with Gasteiger partial charge in [-0.1, -0.05) is 0 Å². The lowest BCUT2D eigenvalue weighted by molar-refractivity contribution is -0.107. The molecule has 90 valence electrons. The fourth-order valence-electron chi connectivity index (χ4n) is 1.82. The van der Waals surface area contributed by atoms with Gasteiger partial charge in [-0.2, -0.15) is 0 Å². The molecule has 0 aliphatic heterocycles. The van der Waals surface area contributed by atoms with Crippen molar-refractivity contribution < 1.29 is 4.79 Å². The van der Waals surface area contributed by atoms with Crippen LogP contribution in [0, 0.1) is 0 Å². The number of H-pyrrole nitrogens is 1. The first-order chi connectivity index (χ1) is 8.86. The Morgan fingerprint density at radius 3 is 3.28 bits per heavy atom. The number of nitrogens with one attached hydrogen (secondary N) is 1. The molecule has 18 heavy (non-hydrogen) atoms. The second kappa shape index (κ2) is 4.70. The van der Waals surface area contributed by atoms with E-state index in [1.165, 1.54) is 0 Å². The average Bonchev–Trinajstić information content (AvgIpc) is 3.04. The zero-order chi connectivity index (χ0) is 12.4. The maximum Gasteiger partial charge on any atom is 0.137 e. The Kier molecular flexibility index (Phi) is 2.90. The molecule has 0 aliphatic rings. The van der Waals surface area contributed by atoms with Crippen LogP contribution >= 0.6 is 11.3 Å². The number of hydrogen-bond acceptors (Lipinski definition) is 4. The number of carbonyl (C=O) groups excluding carboxylic acids is 1. The maximum atomic E-state index is 10.3. The zero-order valence-electron chi connectivity index (χ0n) is 9.59. The third kappa shape index (κ3) is 2.04. The molecule has 0 aromatic carbocycles. The Labute approximate surface area is 108 Å². The summed E-state index contributed by atoms with van der Waals surface area (Å²) in [7, 11) is 0. The Bertz CT molecular complexity index is 686. The van der Waals surface area contributed by atoms with Gasteiger partial charge in [0.2, 0.25) is 0 Å². The Balaban J connectivity index is 1.92. The minimum Gasteiger partial charge on any atom is -0.346 e. The summed E-state index contributed by atoms with van der Waals surface area (Å²) >= 11 is 1.59. The highest BCUT2D eigenvalue weighted by Gasteiger charge is 2.06. The van der Waals surface area contributed by atoms with Crippen molar-refractivity contribution in [1.82, 2.24) is 15.0 Å². The van der Waals surface area contributed by atoms with E-state index in [9.17, 15) is 4.79 Å². The number of rotatable bonds is 4. The normalized spacial score (nSPS) is 10.9. The number of aromatic nitrogens is 3. The molecule has 0 saturated heterocycles. The first-order valence-electron chi connectivity index (χ1n) is 5.68. The number of hydrogen-bond donors (Lipinski definition) is 1. The minimum atomic E-state index is 0.526. The summed E-state index contributed by atoms with van der Waals surface area (Å²) in [6.07, 6.45) is 5.85. The van der Waals surface area contributed by atoms with Crippen molar-refractivity contribution in [3.05, 3.63) is 35.6 Å². The quantitative estimate of drug-likeness (QED) is 0.731.